The normalized spacial score (nSPS) is 17.1. The van der Waals surface area contributed by atoms with Crippen LogP contribution in [0.3, 0.4) is 0 Å². The van der Waals surface area contributed by atoms with Gasteiger partial charge in [0.1, 0.15) is 5.52 Å². The van der Waals surface area contributed by atoms with Crippen LogP contribution < -0.4 is 4.72 Å². The third kappa shape index (κ3) is 3.84. The quantitative estimate of drug-likeness (QED) is 0.881. The van der Waals surface area contributed by atoms with E-state index in [-0.39, 0.29) is 5.75 Å². The maximum absolute atomic E-state index is 12.1. The van der Waals surface area contributed by atoms with Crippen LogP contribution in [-0.4, -0.2) is 35.7 Å². The zero-order valence-electron chi connectivity index (χ0n) is 12.6. The lowest BCUT2D eigenvalue weighted by Crippen LogP contribution is -2.33. The van der Waals surface area contributed by atoms with E-state index >= 15 is 0 Å². The van der Waals surface area contributed by atoms with Crippen molar-refractivity contribution in [2.24, 2.45) is 5.92 Å². The summed E-state index contributed by atoms with van der Waals surface area (Å²) in [7, 11) is -3.26. The first-order chi connectivity index (χ1) is 10.6. The molecule has 22 heavy (non-hydrogen) atoms. The Kier molecular flexibility index (Phi) is 4.73. The predicted molar refractivity (Wildman–Crippen MR) is 85.9 cm³/mol. The second-order valence-electron chi connectivity index (χ2n) is 5.97. The van der Waals surface area contributed by atoms with Gasteiger partial charge in [-0.15, -0.1) is 5.10 Å². The van der Waals surface area contributed by atoms with E-state index in [1.165, 1.54) is 19.3 Å². The molecule has 0 spiro atoms. The van der Waals surface area contributed by atoms with Crippen molar-refractivity contribution in [3.05, 3.63) is 24.3 Å². The largest absolute Gasteiger partial charge is 0.244 e. The van der Waals surface area contributed by atoms with E-state index in [0.717, 1.165) is 23.9 Å². The first-order valence-electron chi connectivity index (χ1n) is 7.90. The van der Waals surface area contributed by atoms with Crippen molar-refractivity contribution in [2.75, 3.05) is 12.3 Å². The SMILES string of the molecule is O=S(=O)(CCn1nnc2ccccc21)NCC1CCCCC1. The third-order valence-corrected chi connectivity index (χ3v) is 5.64. The number of nitrogens with zero attached hydrogens (tertiary/aromatic N) is 3. The fourth-order valence-electron chi connectivity index (χ4n) is 3.00. The molecule has 120 valence electrons. The highest BCUT2D eigenvalue weighted by molar-refractivity contribution is 7.89. The van der Waals surface area contributed by atoms with Gasteiger partial charge in [-0.1, -0.05) is 36.6 Å². The van der Waals surface area contributed by atoms with Gasteiger partial charge in [0.2, 0.25) is 10.0 Å². The molecule has 0 saturated heterocycles. The van der Waals surface area contributed by atoms with Crippen molar-refractivity contribution < 1.29 is 8.42 Å². The Labute approximate surface area is 130 Å². The topological polar surface area (TPSA) is 76.9 Å². The lowest BCUT2D eigenvalue weighted by Gasteiger charge is -2.21. The standard InChI is InChI=1S/C15H22N4O2S/c20-22(21,16-12-13-6-2-1-3-7-13)11-10-19-15-9-5-4-8-14(15)17-18-19/h4-5,8-9,13,16H,1-3,6-7,10-12H2. The molecular weight excluding hydrogens is 300 g/mol. The molecule has 1 aliphatic rings. The van der Waals surface area contributed by atoms with Crippen molar-refractivity contribution in [3.63, 3.8) is 0 Å². The Hall–Kier alpha value is -1.47. The van der Waals surface area contributed by atoms with Gasteiger partial charge in [0, 0.05) is 6.54 Å². The zero-order valence-corrected chi connectivity index (χ0v) is 13.4. The molecular formula is C15H22N4O2S. The van der Waals surface area contributed by atoms with Gasteiger partial charge in [-0.2, -0.15) is 0 Å². The van der Waals surface area contributed by atoms with Gasteiger partial charge in [0.05, 0.1) is 17.8 Å². The van der Waals surface area contributed by atoms with Gasteiger partial charge >= 0.3 is 0 Å². The first-order valence-corrected chi connectivity index (χ1v) is 9.55. The first kappa shape index (κ1) is 15.4. The molecule has 0 atom stereocenters. The fourth-order valence-corrected chi connectivity index (χ4v) is 4.04. The summed E-state index contributed by atoms with van der Waals surface area (Å²) in [6, 6.07) is 7.56. The summed E-state index contributed by atoms with van der Waals surface area (Å²) >= 11 is 0. The minimum absolute atomic E-state index is 0.0348. The summed E-state index contributed by atoms with van der Waals surface area (Å²) in [5.41, 5.74) is 1.65. The second kappa shape index (κ2) is 6.75. The molecule has 0 bridgehead atoms. The molecule has 1 saturated carbocycles. The minimum atomic E-state index is -3.26. The molecule has 1 aromatic heterocycles. The molecule has 0 aliphatic heterocycles. The number of rotatable bonds is 6. The van der Waals surface area contributed by atoms with E-state index in [9.17, 15) is 8.42 Å². The number of para-hydroxylation sites is 1. The molecule has 0 radical (unpaired) electrons. The zero-order chi connectivity index (χ0) is 15.4. The highest BCUT2D eigenvalue weighted by atomic mass is 32.2. The molecule has 3 rings (SSSR count). The fraction of sp³-hybridized carbons (Fsp3) is 0.600. The van der Waals surface area contributed by atoms with E-state index in [1.807, 2.05) is 24.3 Å². The molecule has 0 unspecified atom stereocenters. The monoisotopic (exact) mass is 322 g/mol. The van der Waals surface area contributed by atoms with Crippen molar-refractivity contribution in [2.45, 2.75) is 38.6 Å². The number of hydrogen-bond acceptors (Lipinski definition) is 4. The highest BCUT2D eigenvalue weighted by Crippen LogP contribution is 2.22. The number of aryl methyl sites for hydroxylation is 1. The minimum Gasteiger partial charge on any atom is -0.244 e. The highest BCUT2D eigenvalue weighted by Gasteiger charge is 2.17. The average Bonchev–Trinajstić information content (AvgIpc) is 2.96. The van der Waals surface area contributed by atoms with Crippen LogP contribution in [0.15, 0.2) is 24.3 Å². The Balaban J connectivity index is 1.55. The molecule has 1 fully saturated rings. The molecule has 1 heterocycles. The number of fused-ring (bicyclic) bond motifs is 1. The van der Waals surface area contributed by atoms with E-state index in [2.05, 4.69) is 15.0 Å². The van der Waals surface area contributed by atoms with Crippen LogP contribution in [0.2, 0.25) is 0 Å². The van der Waals surface area contributed by atoms with Crippen LogP contribution in [0.1, 0.15) is 32.1 Å². The number of hydrogen-bond donors (Lipinski definition) is 1. The van der Waals surface area contributed by atoms with E-state index in [1.54, 1.807) is 4.68 Å². The molecule has 1 aromatic carbocycles. The second-order valence-corrected chi connectivity index (χ2v) is 7.90. The van der Waals surface area contributed by atoms with Crippen molar-refractivity contribution in [1.29, 1.82) is 0 Å². The summed E-state index contributed by atoms with van der Waals surface area (Å²) in [5.74, 6) is 0.531. The Morgan fingerprint density at radius 1 is 1.18 bits per heavy atom. The number of nitrogens with one attached hydrogen (secondary N) is 1. The summed E-state index contributed by atoms with van der Waals surface area (Å²) in [5, 5.41) is 8.06. The molecule has 0 amide bonds. The predicted octanol–water partition coefficient (Wildman–Crippen LogP) is 1.93. The van der Waals surface area contributed by atoms with E-state index < -0.39 is 10.0 Å². The van der Waals surface area contributed by atoms with Crippen LogP contribution in [0.4, 0.5) is 0 Å². The van der Waals surface area contributed by atoms with Crippen LogP contribution in [0, 0.1) is 5.92 Å². The summed E-state index contributed by atoms with van der Waals surface area (Å²) in [6.07, 6.45) is 5.99. The van der Waals surface area contributed by atoms with E-state index in [4.69, 9.17) is 0 Å². The molecule has 2 aromatic rings. The lowest BCUT2D eigenvalue weighted by molar-refractivity contribution is 0.357. The van der Waals surface area contributed by atoms with Gasteiger partial charge in [0.15, 0.2) is 0 Å². The van der Waals surface area contributed by atoms with Crippen molar-refractivity contribution >= 4 is 21.1 Å². The maximum Gasteiger partial charge on any atom is 0.213 e. The molecule has 7 heteroatoms. The van der Waals surface area contributed by atoms with Crippen molar-refractivity contribution in [3.8, 4) is 0 Å². The van der Waals surface area contributed by atoms with Gasteiger partial charge in [-0.05, 0) is 30.9 Å². The van der Waals surface area contributed by atoms with Gasteiger partial charge in [-0.3, -0.25) is 0 Å². The summed E-state index contributed by atoms with van der Waals surface area (Å²) in [4.78, 5) is 0. The van der Waals surface area contributed by atoms with E-state index in [0.29, 0.717) is 19.0 Å². The Morgan fingerprint density at radius 3 is 2.77 bits per heavy atom. The Bertz CT molecular complexity index is 720. The number of aromatic nitrogens is 3. The van der Waals surface area contributed by atoms with Gasteiger partial charge in [-0.25, -0.2) is 17.8 Å². The number of benzene rings is 1. The maximum atomic E-state index is 12.1. The summed E-state index contributed by atoms with van der Waals surface area (Å²) < 4.78 is 28.7. The molecule has 1 N–H and O–H groups in total. The van der Waals surface area contributed by atoms with Crippen LogP contribution in [0.5, 0.6) is 0 Å². The Morgan fingerprint density at radius 2 is 1.95 bits per heavy atom. The van der Waals surface area contributed by atoms with Crippen LogP contribution in [-0.2, 0) is 16.6 Å². The van der Waals surface area contributed by atoms with Gasteiger partial charge in [0.25, 0.3) is 0 Å². The van der Waals surface area contributed by atoms with Crippen LogP contribution >= 0.6 is 0 Å². The van der Waals surface area contributed by atoms with Crippen LogP contribution in [0.25, 0.3) is 11.0 Å². The van der Waals surface area contributed by atoms with Crippen molar-refractivity contribution in [1.82, 2.24) is 19.7 Å². The number of sulfonamides is 1. The lowest BCUT2D eigenvalue weighted by atomic mass is 9.90. The summed E-state index contributed by atoms with van der Waals surface area (Å²) in [6.45, 7) is 0.890. The average molecular weight is 322 g/mol. The molecule has 1 aliphatic carbocycles. The van der Waals surface area contributed by atoms with Gasteiger partial charge < -0.3 is 0 Å². The molecule has 6 nitrogen and oxygen atoms in total. The third-order valence-electron chi connectivity index (χ3n) is 4.31. The smallest absolute Gasteiger partial charge is 0.213 e.